The molecule has 0 heterocycles. The Morgan fingerprint density at radius 1 is 1.35 bits per heavy atom. The first kappa shape index (κ1) is 19.0. The van der Waals surface area contributed by atoms with E-state index >= 15 is 0 Å². The maximum atomic E-state index is 12.4. The van der Waals surface area contributed by atoms with Gasteiger partial charge in [-0.05, 0) is 24.0 Å². The largest absolute Gasteiger partial charge is 0.468 e. The summed E-state index contributed by atoms with van der Waals surface area (Å²) in [4.78, 5) is 21.8. The fourth-order valence-electron chi connectivity index (χ4n) is 1.82. The van der Waals surface area contributed by atoms with Gasteiger partial charge in [-0.3, -0.25) is 14.9 Å². The lowest BCUT2D eigenvalue weighted by molar-refractivity contribution is -0.384. The van der Waals surface area contributed by atoms with Crippen LogP contribution in [0.5, 0.6) is 0 Å². The third-order valence-corrected chi connectivity index (χ3v) is 5.20. The summed E-state index contributed by atoms with van der Waals surface area (Å²) in [5, 5.41) is 10.6. The van der Waals surface area contributed by atoms with Gasteiger partial charge in [0.1, 0.15) is 6.04 Å². The number of sulfonamides is 1. The van der Waals surface area contributed by atoms with Crippen LogP contribution < -0.4 is 4.72 Å². The van der Waals surface area contributed by atoms with E-state index in [0.29, 0.717) is 6.42 Å². The van der Waals surface area contributed by atoms with E-state index < -0.39 is 32.4 Å². The number of methoxy groups -OCH3 is 1. The van der Waals surface area contributed by atoms with Gasteiger partial charge in [-0.25, -0.2) is 8.42 Å². The van der Waals surface area contributed by atoms with Crippen molar-refractivity contribution in [2.75, 3.05) is 7.11 Å². The van der Waals surface area contributed by atoms with Gasteiger partial charge < -0.3 is 4.74 Å². The number of non-ortho nitro benzene ring substituents is 1. The molecule has 1 N–H and O–H groups in total. The minimum Gasteiger partial charge on any atom is -0.468 e. The highest BCUT2D eigenvalue weighted by molar-refractivity contribution is 7.89. The quantitative estimate of drug-likeness (QED) is 0.458. The van der Waals surface area contributed by atoms with Crippen LogP contribution in [0.1, 0.15) is 27.2 Å². The molecule has 0 saturated carbocycles. The average molecular weight is 344 g/mol. The molecular formula is C14H20N2O6S. The second-order valence-corrected chi connectivity index (χ2v) is 7.38. The molecule has 9 heteroatoms. The number of carbonyl (C=O) groups excluding carboxylic acids is 1. The highest BCUT2D eigenvalue weighted by Gasteiger charge is 2.38. The van der Waals surface area contributed by atoms with E-state index in [4.69, 9.17) is 0 Å². The van der Waals surface area contributed by atoms with Crippen molar-refractivity contribution >= 4 is 21.7 Å². The summed E-state index contributed by atoms with van der Waals surface area (Å²) in [6, 6.07) is 3.35. The Morgan fingerprint density at radius 3 is 2.26 bits per heavy atom. The van der Waals surface area contributed by atoms with E-state index in [1.54, 1.807) is 13.8 Å². The zero-order chi connectivity index (χ0) is 17.8. The maximum Gasteiger partial charge on any atom is 0.324 e. The maximum absolute atomic E-state index is 12.4. The average Bonchev–Trinajstić information content (AvgIpc) is 2.51. The Hall–Kier alpha value is -2.00. The minimum absolute atomic E-state index is 0.163. The summed E-state index contributed by atoms with van der Waals surface area (Å²) < 4.78 is 31.8. The van der Waals surface area contributed by atoms with Crippen molar-refractivity contribution in [3.8, 4) is 0 Å². The highest BCUT2D eigenvalue weighted by Crippen LogP contribution is 2.27. The Labute approximate surface area is 135 Å². The molecule has 0 saturated heterocycles. The number of rotatable bonds is 7. The smallest absolute Gasteiger partial charge is 0.324 e. The second kappa shape index (κ2) is 7.05. The van der Waals surface area contributed by atoms with Crippen molar-refractivity contribution in [2.24, 2.45) is 5.41 Å². The summed E-state index contributed by atoms with van der Waals surface area (Å²) in [5.41, 5.74) is -0.886. The van der Waals surface area contributed by atoms with Crippen molar-refractivity contribution in [1.29, 1.82) is 0 Å². The van der Waals surface area contributed by atoms with Gasteiger partial charge in [-0.2, -0.15) is 4.72 Å². The lowest BCUT2D eigenvalue weighted by Gasteiger charge is -2.31. The number of nitro benzene ring substituents is 1. The number of hydrogen-bond acceptors (Lipinski definition) is 6. The first-order valence-electron chi connectivity index (χ1n) is 6.89. The van der Waals surface area contributed by atoms with E-state index in [1.165, 1.54) is 7.11 Å². The molecule has 0 aliphatic heterocycles. The van der Waals surface area contributed by atoms with Gasteiger partial charge in [0, 0.05) is 12.1 Å². The van der Waals surface area contributed by atoms with Crippen LogP contribution in [0.2, 0.25) is 0 Å². The number of carbonyl (C=O) groups is 1. The Balaban J connectivity index is 3.15. The molecule has 0 aliphatic rings. The van der Waals surface area contributed by atoms with Crippen molar-refractivity contribution in [1.82, 2.24) is 4.72 Å². The van der Waals surface area contributed by atoms with Crippen molar-refractivity contribution in [3.05, 3.63) is 34.4 Å². The molecule has 23 heavy (non-hydrogen) atoms. The first-order valence-corrected chi connectivity index (χ1v) is 8.38. The minimum atomic E-state index is -4.02. The lowest BCUT2D eigenvalue weighted by atomic mass is 9.82. The Bertz CT molecular complexity index is 682. The standard InChI is InChI=1S/C14H20N2O6S/c1-5-14(2,3)12(13(17)22-4)15-23(20,21)11-8-6-10(7-9-11)16(18)19/h6-9,12,15H,5H2,1-4H3/t12-/m1/s1. The second-order valence-electron chi connectivity index (χ2n) is 5.67. The van der Waals surface area contributed by atoms with Crippen molar-refractivity contribution in [3.63, 3.8) is 0 Å². The molecule has 0 amide bonds. The molecule has 1 rings (SSSR count). The fourth-order valence-corrected chi connectivity index (χ4v) is 3.17. The number of nitro groups is 1. The van der Waals surface area contributed by atoms with Crippen molar-refractivity contribution < 1.29 is 22.9 Å². The molecule has 128 valence electrons. The molecule has 0 bridgehead atoms. The molecular weight excluding hydrogens is 324 g/mol. The monoisotopic (exact) mass is 344 g/mol. The Morgan fingerprint density at radius 2 is 1.87 bits per heavy atom. The summed E-state index contributed by atoms with van der Waals surface area (Å²) >= 11 is 0. The van der Waals surface area contributed by atoms with Gasteiger partial charge in [-0.1, -0.05) is 20.8 Å². The van der Waals surface area contributed by atoms with Gasteiger partial charge in [0.15, 0.2) is 0 Å². The summed E-state index contributed by atoms with van der Waals surface area (Å²) in [7, 11) is -2.84. The van der Waals surface area contributed by atoms with Crippen LogP contribution in [0.3, 0.4) is 0 Å². The zero-order valence-electron chi connectivity index (χ0n) is 13.4. The molecule has 0 fully saturated rings. The van der Waals surface area contributed by atoms with Gasteiger partial charge in [0.25, 0.3) is 5.69 Å². The number of benzene rings is 1. The van der Waals surface area contributed by atoms with Gasteiger partial charge in [-0.15, -0.1) is 0 Å². The number of nitrogens with one attached hydrogen (secondary N) is 1. The van der Waals surface area contributed by atoms with Crippen LogP contribution in [0.4, 0.5) is 5.69 Å². The van der Waals surface area contributed by atoms with Crippen LogP contribution in [-0.2, 0) is 19.6 Å². The zero-order valence-corrected chi connectivity index (χ0v) is 14.2. The van der Waals surface area contributed by atoms with Crippen LogP contribution >= 0.6 is 0 Å². The third kappa shape index (κ3) is 4.49. The molecule has 1 atom stereocenters. The summed E-state index contributed by atoms with van der Waals surface area (Å²) in [6.45, 7) is 5.32. The topological polar surface area (TPSA) is 116 Å². The summed E-state index contributed by atoms with van der Waals surface area (Å²) in [6.07, 6.45) is 0.537. The lowest BCUT2D eigenvalue weighted by Crippen LogP contribution is -2.50. The number of ether oxygens (including phenoxy) is 1. The molecule has 0 aromatic heterocycles. The molecule has 0 radical (unpaired) electrons. The molecule has 8 nitrogen and oxygen atoms in total. The number of esters is 1. The fraction of sp³-hybridized carbons (Fsp3) is 0.500. The predicted molar refractivity (Wildman–Crippen MR) is 83.3 cm³/mol. The molecule has 0 aliphatic carbocycles. The third-order valence-electron chi connectivity index (χ3n) is 3.76. The van der Waals surface area contributed by atoms with E-state index in [9.17, 15) is 23.3 Å². The molecule has 0 spiro atoms. The van der Waals surface area contributed by atoms with Gasteiger partial charge in [0.2, 0.25) is 10.0 Å². The number of hydrogen-bond donors (Lipinski definition) is 1. The predicted octanol–water partition coefficient (Wildman–Crippen LogP) is 1.85. The van der Waals surface area contributed by atoms with Crippen LogP contribution in [0, 0.1) is 15.5 Å². The van der Waals surface area contributed by atoms with Crippen LogP contribution in [0.15, 0.2) is 29.2 Å². The van der Waals surface area contributed by atoms with E-state index in [-0.39, 0.29) is 10.6 Å². The SMILES string of the molecule is CCC(C)(C)[C@H](NS(=O)(=O)c1ccc([N+](=O)[O-])cc1)C(=O)OC. The Kier molecular flexibility index (Phi) is 5.84. The highest BCUT2D eigenvalue weighted by atomic mass is 32.2. The van der Waals surface area contributed by atoms with E-state index in [0.717, 1.165) is 24.3 Å². The molecule has 0 unspecified atom stereocenters. The van der Waals surface area contributed by atoms with Crippen molar-refractivity contribution in [2.45, 2.75) is 38.1 Å². The normalized spacial score (nSPS) is 13.4. The number of nitrogens with zero attached hydrogens (tertiary/aromatic N) is 1. The van der Waals surface area contributed by atoms with Gasteiger partial charge in [0.05, 0.1) is 16.9 Å². The van der Waals surface area contributed by atoms with E-state index in [1.807, 2.05) is 6.92 Å². The molecule has 1 aromatic carbocycles. The summed E-state index contributed by atoms with van der Waals surface area (Å²) in [5.74, 6) is -0.692. The first-order chi connectivity index (χ1) is 10.5. The van der Waals surface area contributed by atoms with Crippen LogP contribution in [0.25, 0.3) is 0 Å². The van der Waals surface area contributed by atoms with Gasteiger partial charge >= 0.3 is 5.97 Å². The van der Waals surface area contributed by atoms with Crippen LogP contribution in [-0.4, -0.2) is 32.5 Å². The molecule has 1 aromatic rings. The van der Waals surface area contributed by atoms with E-state index in [2.05, 4.69) is 9.46 Å².